The summed E-state index contributed by atoms with van der Waals surface area (Å²) < 4.78 is 23.4. The summed E-state index contributed by atoms with van der Waals surface area (Å²) in [5.74, 6) is -0.175. The lowest BCUT2D eigenvalue weighted by atomic mass is 10.1. The number of anilines is 1. The van der Waals surface area contributed by atoms with E-state index in [1.165, 1.54) is 44.6 Å². The number of hydrogen-bond acceptors (Lipinski definition) is 4. The van der Waals surface area contributed by atoms with Crippen molar-refractivity contribution in [3.8, 4) is 11.5 Å². The molecule has 2 aromatic carbocycles. The van der Waals surface area contributed by atoms with Crippen molar-refractivity contribution >= 4 is 35.3 Å². The first-order chi connectivity index (χ1) is 12.4. The van der Waals surface area contributed by atoms with Crippen LogP contribution < -0.4 is 19.7 Å². The minimum atomic E-state index is -0.635. The molecule has 0 saturated carbocycles. The quantitative estimate of drug-likeness (QED) is 0.654. The van der Waals surface area contributed by atoms with Gasteiger partial charge in [0.1, 0.15) is 11.5 Å². The van der Waals surface area contributed by atoms with Crippen LogP contribution in [-0.2, 0) is 4.79 Å². The number of hydrogen-bond donors (Lipinski definition) is 1. The van der Waals surface area contributed by atoms with Crippen LogP contribution in [0.1, 0.15) is 5.56 Å². The molecular weight excluding hydrogens is 363 g/mol. The van der Waals surface area contributed by atoms with E-state index in [1.54, 1.807) is 12.1 Å². The van der Waals surface area contributed by atoms with Gasteiger partial charge in [-0.1, -0.05) is 11.6 Å². The molecule has 3 rings (SSSR count). The molecule has 26 heavy (non-hydrogen) atoms. The molecule has 1 saturated heterocycles. The predicted molar refractivity (Wildman–Crippen MR) is 95.0 cm³/mol. The van der Waals surface area contributed by atoms with Crippen molar-refractivity contribution in [3.63, 3.8) is 0 Å². The van der Waals surface area contributed by atoms with Crippen LogP contribution in [0.3, 0.4) is 0 Å². The van der Waals surface area contributed by atoms with Crippen LogP contribution in [0.15, 0.2) is 42.1 Å². The zero-order valence-electron chi connectivity index (χ0n) is 13.9. The zero-order valence-corrected chi connectivity index (χ0v) is 14.6. The van der Waals surface area contributed by atoms with E-state index in [4.69, 9.17) is 21.1 Å². The van der Waals surface area contributed by atoms with E-state index in [0.29, 0.717) is 22.1 Å². The molecule has 0 bridgehead atoms. The molecule has 0 aliphatic carbocycles. The molecule has 0 unspecified atom stereocenters. The summed E-state index contributed by atoms with van der Waals surface area (Å²) in [4.78, 5) is 25.7. The van der Waals surface area contributed by atoms with Gasteiger partial charge in [-0.05, 0) is 42.0 Å². The molecule has 0 aromatic heterocycles. The van der Waals surface area contributed by atoms with Crippen LogP contribution in [0, 0.1) is 5.82 Å². The Kier molecular flexibility index (Phi) is 4.81. The molecular formula is C18H14ClFN2O4. The maximum absolute atomic E-state index is 13.1. The van der Waals surface area contributed by atoms with Crippen molar-refractivity contribution in [3.05, 3.63) is 58.5 Å². The summed E-state index contributed by atoms with van der Waals surface area (Å²) >= 11 is 6.21. The van der Waals surface area contributed by atoms with Crippen LogP contribution in [0.5, 0.6) is 11.5 Å². The number of methoxy groups -OCH3 is 2. The fourth-order valence-corrected chi connectivity index (χ4v) is 2.70. The maximum Gasteiger partial charge on any atom is 0.333 e. The number of carbonyl (C=O) groups excluding carboxylic acids is 2. The van der Waals surface area contributed by atoms with E-state index in [2.05, 4.69) is 5.32 Å². The second-order valence-corrected chi connectivity index (χ2v) is 5.74. The van der Waals surface area contributed by atoms with E-state index < -0.39 is 17.8 Å². The number of amides is 3. The predicted octanol–water partition coefficient (Wildman–Crippen LogP) is 3.59. The minimum Gasteiger partial charge on any atom is -0.493 e. The Hall–Kier alpha value is -3.06. The SMILES string of the molecule is COc1cc(Cl)c(/C=C2/NC(=O)N(c3ccc(F)cc3)C2=O)cc1OC. The van der Waals surface area contributed by atoms with Crippen molar-refractivity contribution in [1.82, 2.24) is 5.32 Å². The highest BCUT2D eigenvalue weighted by Gasteiger charge is 2.35. The second-order valence-electron chi connectivity index (χ2n) is 5.33. The zero-order chi connectivity index (χ0) is 18.8. The first-order valence-electron chi connectivity index (χ1n) is 7.49. The summed E-state index contributed by atoms with van der Waals surface area (Å²) in [6.45, 7) is 0. The lowest BCUT2D eigenvalue weighted by Gasteiger charge is -2.11. The maximum atomic E-state index is 13.1. The summed E-state index contributed by atoms with van der Waals surface area (Å²) in [7, 11) is 2.95. The Labute approximate surface area is 153 Å². The van der Waals surface area contributed by atoms with Crippen molar-refractivity contribution in [1.29, 1.82) is 0 Å². The average Bonchev–Trinajstić information content (AvgIpc) is 2.90. The second kappa shape index (κ2) is 7.05. The van der Waals surface area contributed by atoms with E-state index >= 15 is 0 Å². The van der Waals surface area contributed by atoms with Gasteiger partial charge in [-0.25, -0.2) is 14.1 Å². The summed E-state index contributed by atoms with van der Waals surface area (Å²) in [5.41, 5.74) is 0.762. The number of nitrogens with one attached hydrogen (secondary N) is 1. The highest BCUT2D eigenvalue weighted by atomic mass is 35.5. The van der Waals surface area contributed by atoms with E-state index in [9.17, 15) is 14.0 Å². The molecule has 1 aliphatic heterocycles. The van der Waals surface area contributed by atoms with Gasteiger partial charge in [-0.15, -0.1) is 0 Å². The molecule has 8 heteroatoms. The van der Waals surface area contributed by atoms with Crippen LogP contribution in [0.25, 0.3) is 6.08 Å². The summed E-state index contributed by atoms with van der Waals surface area (Å²) in [6, 6.07) is 7.54. The van der Waals surface area contributed by atoms with Gasteiger partial charge in [0.15, 0.2) is 11.5 Å². The van der Waals surface area contributed by atoms with Gasteiger partial charge in [0.25, 0.3) is 5.91 Å². The number of imide groups is 1. The standard InChI is InChI=1S/C18H14ClFN2O4/c1-25-15-8-10(13(19)9-16(15)26-2)7-14-17(23)22(18(24)21-14)12-5-3-11(20)4-6-12/h3-9H,1-2H3,(H,21,24)/b14-7+. The summed E-state index contributed by atoms with van der Waals surface area (Å²) in [6.07, 6.45) is 1.44. The number of nitrogens with zero attached hydrogens (tertiary/aromatic N) is 1. The third kappa shape index (κ3) is 3.21. The molecule has 1 aliphatic rings. The van der Waals surface area contributed by atoms with Gasteiger partial charge >= 0.3 is 6.03 Å². The van der Waals surface area contributed by atoms with Crippen LogP contribution in [0.4, 0.5) is 14.9 Å². The summed E-state index contributed by atoms with van der Waals surface area (Å²) in [5, 5.41) is 2.80. The fraction of sp³-hybridized carbons (Fsp3) is 0.111. The average molecular weight is 377 g/mol. The Morgan fingerprint density at radius 1 is 1.08 bits per heavy atom. The molecule has 1 heterocycles. The number of rotatable bonds is 4. The van der Waals surface area contributed by atoms with Crippen molar-refractivity contribution in [2.75, 3.05) is 19.1 Å². The Bertz CT molecular complexity index is 912. The molecule has 3 amide bonds. The minimum absolute atomic E-state index is 0.0356. The van der Waals surface area contributed by atoms with Gasteiger partial charge < -0.3 is 14.8 Å². The van der Waals surface area contributed by atoms with Gasteiger partial charge in [-0.3, -0.25) is 4.79 Å². The lowest BCUT2D eigenvalue weighted by molar-refractivity contribution is -0.113. The van der Waals surface area contributed by atoms with Crippen molar-refractivity contribution in [2.24, 2.45) is 0 Å². The monoisotopic (exact) mass is 376 g/mol. The largest absolute Gasteiger partial charge is 0.493 e. The van der Waals surface area contributed by atoms with Crippen LogP contribution in [-0.4, -0.2) is 26.2 Å². The van der Waals surface area contributed by atoms with E-state index in [0.717, 1.165) is 4.90 Å². The Morgan fingerprint density at radius 2 is 1.69 bits per heavy atom. The van der Waals surface area contributed by atoms with Crippen molar-refractivity contribution < 1.29 is 23.5 Å². The Balaban J connectivity index is 1.97. The third-order valence-corrected chi connectivity index (χ3v) is 4.09. The highest BCUT2D eigenvalue weighted by molar-refractivity contribution is 6.33. The third-order valence-electron chi connectivity index (χ3n) is 3.77. The smallest absolute Gasteiger partial charge is 0.333 e. The van der Waals surface area contributed by atoms with Crippen LogP contribution >= 0.6 is 11.6 Å². The normalized spacial score (nSPS) is 15.4. The topological polar surface area (TPSA) is 67.9 Å². The molecule has 0 radical (unpaired) electrons. The van der Waals surface area contributed by atoms with Gasteiger partial charge in [0.05, 0.1) is 24.9 Å². The molecule has 1 N–H and O–H groups in total. The lowest BCUT2D eigenvalue weighted by Crippen LogP contribution is -2.30. The number of benzene rings is 2. The molecule has 1 fully saturated rings. The number of urea groups is 1. The molecule has 134 valence electrons. The molecule has 0 atom stereocenters. The molecule has 2 aromatic rings. The number of ether oxygens (including phenoxy) is 2. The van der Waals surface area contributed by atoms with Gasteiger partial charge in [0.2, 0.25) is 0 Å². The first kappa shape index (κ1) is 17.8. The molecule has 0 spiro atoms. The van der Waals surface area contributed by atoms with Gasteiger partial charge in [0, 0.05) is 6.07 Å². The Morgan fingerprint density at radius 3 is 2.31 bits per heavy atom. The van der Waals surface area contributed by atoms with Crippen LogP contribution in [0.2, 0.25) is 5.02 Å². The van der Waals surface area contributed by atoms with Crippen molar-refractivity contribution in [2.45, 2.75) is 0 Å². The number of halogens is 2. The first-order valence-corrected chi connectivity index (χ1v) is 7.86. The van der Waals surface area contributed by atoms with Gasteiger partial charge in [-0.2, -0.15) is 0 Å². The molecule has 6 nitrogen and oxygen atoms in total. The van der Waals surface area contributed by atoms with E-state index in [-0.39, 0.29) is 11.4 Å². The van der Waals surface area contributed by atoms with E-state index in [1.807, 2.05) is 0 Å². The fourth-order valence-electron chi connectivity index (χ4n) is 2.50. The highest BCUT2D eigenvalue weighted by Crippen LogP contribution is 2.34. The number of carbonyl (C=O) groups is 2.